The molecule has 1 aliphatic heterocycles. The molecule has 4 atom stereocenters. The average molecular weight is 791 g/mol. The number of aryl methyl sites for hydroxylation is 1. The van der Waals surface area contributed by atoms with Crippen molar-refractivity contribution in [1.29, 1.82) is 0 Å². The second-order valence-corrected chi connectivity index (χ2v) is 16.2. The molecule has 288 valence electrons. The lowest BCUT2D eigenvalue weighted by Gasteiger charge is -2.36. The number of aliphatic hydroxyl groups excluding tert-OH is 1. The fourth-order valence-corrected chi connectivity index (χ4v) is 8.41. The minimum atomic E-state index is -3.97. The number of sulfonamides is 1. The van der Waals surface area contributed by atoms with Gasteiger partial charge in [-0.2, -0.15) is 9.40 Å². The molecule has 3 N–H and O–H groups in total. The number of carbonyl (C=O) groups excluding carboxylic acids is 1. The summed E-state index contributed by atoms with van der Waals surface area (Å²) in [6.45, 7) is 2.01. The molecule has 4 unspecified atom stereocenters. The molecule has 7 rings (SSSR count). The molecule has 1 saturated heterocycles. The molecule has 0 radical (unpaired) electrons. The first-order chi connectivity index (χ1) is 27.2. The van der Waals surface area contributed by atoms with Crippen molar-refractivity contribution in [3.63, 3.8) is 0 Å². The highest BCUT2D eigenvalue weighted by atomic mass is 32.2. The fraction of sp³-hybridized carbons (Fsp3) is 0.238. The van der Waals surface area contributed by atoms with E-state index >= 15 is 0 Å². The zero-order chi connectivity index (χ0) is 38.9. The Labute approximate surface area is 330 Å². The molecule has 0 spiro atoms. The van der Waals surface area contributed by atoms with Gasteiger partial charge < -0.3 is 19.9 Å². The van der Waals surface area contributed by atoms with Crippen LogP contribution in [0, 0.1) is 6.92 Å². The van der Waals surface area contributed by atoms with Crippen LogP contribution >= 0.6 is 11.8 Å². The number of amides is 1. The zero-order valence-corrected chi connectivity index (χ0v) is 32.3. The SMILES string of the molecule is Cc1ccc(S(=O)(=O)NC(Cc2ccccc2)C(=O)NCc2ccc(C3OC(CSc4nnnn4-c4ccccc4)CC(c4ccc(CO)cc4)O3)cc2)cc1. The molecule has 2 heterocycles. The summed E-state index contributed by atoms with van der Waals surface area (Å²) in [4.78, 5) is 13.7. The molecule has 1 aliphatic rings. The van der Waals surface area contributed by atoms with E-state index < -0.39 is 28.3 Å². The van der Waals surface area contributed by atoms with Crippen molar-refractivity contribution in [3.8, 4) is 5.69 Å². The number of nitrogens with one attached hydrogen (secondary N) is 2. The lowest BCUT2D eigenvalue weighted by Crippen LogP contribution is -2.47. The Hall–Kier alpha value is -5.22. The zero-order valence-electron chi connectivity index (χ0n) is 30.6. The number of tetrazole rings is 1. The van der Waals surface area contributed by atoms with Crippen molar-refractivity contribution in [3.05, 3.63) is 167 Å². The molecule has 12 nitrogen and oxygen atoms in total. The van der Waals surface area contributed by atoms with Crippen molar-refractivity contribution < 1.29 is 27.8 Å². The third-order valence-electron chi connectivity index (χ3n) is 9.40. The lowest BCUT2D eigenvalue weighted by atomic mass is 10.0. The van der Waals surface area contributed by atoms with E-state index in [0.29, 0.717) is 17.3 Å². The van der Waals surface area contributed by atoms with E-state index in [4.69, 9.17) is 9.47 Å². The summed E-state index contributed by atoms with van der Waals surface area (Å²) in [5, 5.41) is 25.5. The van der Waals surface area contributed by atoms with Gasteiger partial charge in [0.1, 0.15) is 6.04 Å². The Kier molecular flexibility index (Phi) is 12.7. The number of hydrogen-bond donors (Lipinski definition) is 3. The highest BCUT2D eigenvalue weighted by Crippen LogP contribution is 2.39. The van der Waals surface area contributed by atoms with Gasteiger partial charge >= 0.3 is 0 Å². The van der Waals surface area contributed by atoms with Gasteiger partial charge in [0, 0.05) is 24.3 Å². The molecule has 56 heavy (non-hydrogen) atoms. The maximum Gasteiger partial charge on any atom is 0.241 e. The molecule has 0 saturated carbocycles. The molecule has 1 amide bonds. The Morgan fingerprint density at radius 1 is 0.839 bits per heavy atom. The number of aromatic nitrogens is 4. The largest absolute Gasteiger partial charge is 0.392 e. The van der Waals surface area contributed by atoms with E-state index in [0.717, 1.165) is 39.1 Å². The van der Waals surface area contributed by atoms with Gasteiger partial charge in [-0.05, 0) is 70.3 Å². The first kappa shape index (κ1) is 39.0. The second-order valence-electron chi connectivity index (χ2n) is 13.5. The van der Waals surface area contributed by atoms with Crippen LogP contribution in [0.25, 0.3) is 5.69 Å². The van der Waals surface area contributed by atoms with E-state index in [1.54, 1.807) is 16.8 Å². The van der Waals surface area contributed by atoms with Crippen LogP contribution in [-0.2, 0) is 43.9 Å². The van der Waals surface area contributed by atoms with Gasteiger partial charge in [0.05, 0.1) is 29.4 Å². The number of ether oxygens (including phenoxy) is 2. The van der Waals surface area contributed by atoms with Crippen molar-refractivity contribution >= 4 is 27.7 Å². The number of thioether (sulfide) groups is 1. The van der Waals surface area contributed by atoms with E-state index in [9.17, 15) is 18.3 Å². The predicted octanol–water partition coefficient (Wildman–Crippen LogP) is 6.01. The van der Waals surface area contributed by atoms with E-state index in [2.05, 4.69) is 25.6 Å². The molecule has 1 aromatic heterocycles. The van der Waals surface area contributed by atoms with Crippen LogP contribution in [0.15, 0.2) is 144 Å². The molecule has 0 aliphatic carbocycles. The number of para-hydroxylation sites is 1. The van der Waals surface area contributed by atoms with E-state index in [-0.39, 0.29) is 36.7 Å². The maximum absolute atomic E-state index is 13.6. The molecule has 5 aromatic carbocycles. The first-order valence-electron chi connectivity index (χ1n) is 18.2. The van der Waals surface area contributed by atoms with Gasteiger partial charge in [-0.25, -0.2) is 8.42 Å². The number of carbonyl (C=O) groups is 1. The van der Waals surface area contributed by atoms with Crippen LogP contribution in [-0.4, -0.2) is 57.5 Å². The van der Waals surface area contributed by atoms with Gasteiger partial charge in [0.15, 0.2) is 6.29 Å². The number of rotatable bonds is 15. The molecule has 0 bridgehead atoms. The quantitative estimate of drug-likeness (QED) is 0.105. The van der Waals surface area contributed by atoms with E-state index in [1.807, 2.05) is 116 Å². The van der Waals surface area contributed by atoms with Crippen LogP contribution < -0.4 is 10.0 Å². The summed E-state index contributed by atoms with van der Waals surface area (Å²) in [6.07, 6.45) is -0.404. The van der Waals surface area contributed by atoms with Crippen molar-refractivity contribution in [2.24, 2.45) is 0 Å². The third-order valence-corrected chi connectivity index (χ3v) is 11.9. The second kappa shape index (κ2) is 18.2. The molecule has 1 fully saturated rings. The van der Waals surface area contributed by atoms with Crippen molar-refractivity contribution in [2.75, 3.05) is 5.75 Å². The maximum atomic E-state index is 13.6. The van der Waals surface area contributed by atoms with Crippen molar-refractivity contribution in [1.82, 2.24) is 30.2 Å². The number of aliphatic hydroxyl groups is 1. The van der Waals surface area contributed by atoms with Gasteiger partial charge in [-0.3, -0.25) is 4.79 Å². The van der Waals surface area contributed by atoms with Crippen LogP contribution in [0.5, 0.6) is 0 Å². The summed E-state index contributed by atoms with van der Waals surface area (Å²) >= 11 is 1.50. The molecular weight excluding hydrogens is 749 g/mol. The van der Waals surface area contributed by atoms with Crippen LogP contribution in [0.1, 0.15) is 52.2 Å². The number of benzene rings is 5. The smallest absolute Gasteiger partial charge is 0.241 e. The molecular formula is C42H42N6O6S2. The summed E-state index contributed by atoms with van der Waals surface area (Å²) in [6, 6.07) is 39.8. The number of nitrogens with zero attached hydrogens (tertiary/aromatic N) is 4. The van der Waals surface area contributed by atoms with Gasteiger partial charge in [-0.1, -0.05) is 127 Å². The first-order valence-corrected chi connectivity index (χ1v) is 20.7. The lowest BCUT2D eigenvalue weighted by molar-refractivity contribution is -0.245. The fourth-order valence-electron chi connectivity index (χ4n) is 6.31. The van der Waals surface area contributed by atoms with Gasteiger partial charge in [0.2, 0.25) is 21.1 Å². The summed E-state index contributed by atoms with van der Waals surface area (Å²) in [7, 11) is -3.97. The van der Waals surface area contributed by atoms with Crippen LogP contribution in [0.3, 0.4) is 0 Å². The highest BCUT2D eigenvalue weighted by molar-refractivity contribution is 7.99. The number of hydrogen-bond acceptors (Lipinski definition) is 10. The average Bonchev–Trinajstić information content (AvgIpc) is 3.71. The minimum absolute atomic E-state index is 0.0452. The highest BCUT2D eigenvalue weighted by Gasteiger charge is 2.33. The Bertz CT molecular complexity index is 2290. The van der Waals surface area contributed by atoms with Crippen LogP contribution in [0.4, 0.5) is 0 Å². The molecule has 14 heteroatoms. The summed E-state index contributed by atoms with van der Waals surface area (Å²) in [5.41, 5.74) is 6.02. The predicted molar refractivity (Wildman–Crippen MR) is 212 cm³/mol. The van der Waals surface area contributed by atoms with Crippen molar-refractivity contribution in [2.45, 2.75) is 67.5 Å². The topological polar surface area (TPSA) is 158 Å². The Morgan fingerprint density at radius 3 is 2.20 bits per heavy atom. The standard InChI is InChI=1S/C42H42N6O6S2/c1-29-12-22-37(23-13-29)56(51,52)45-38(24-30-8-4-2-5-9-30)40(50)43-26-31-14-20-34(21-15-31)41-53-36(25-39(54-41)33-18-16-32(27-49)17-19-33)28-55-42-44-46-47-48(42)35-10-6-3-7-11-35/h2-23,36,38-39,41,45,49H,24-28H2,1H3,(H,43,50). The summed E-state index contributed by atoms with van der Waals surface area (Å²) < 4.78 is 44.0. The Balaban J connectivity index is 1.03. The monoisotopic (exact) mass is 790 g/mol. The van der Waals surface area contributed by atoms with Gasteiger partial charge in [0.25, 0.3) is 0 Å². The Morgan fingerprint density at radius 2 is 1.50 bits per heavy atom. The summed E-state index contributed by atoms with van der Waals surface area (Å²) in [5.74, 6) is 0.126. The molecule has 6 aromatic rings. The third kappa shape index (κ3) is 9.95. The van der Waals surface area contributed by atoms with Crippen LogP contribution in [0.2, 0.25) is 0 Å². The normalized spacial score (nSPS) is 17.6. The van der Waals surface area contributed by atoms with Gasteiger partial charge in [-0.15, -0.1) is 5.10 Å². The minimum Gasteiger partial charge on any atom is -0.392 e. The van der Waals surface area contributed by atoms with E-state index in [1.165, 1.54) is 23.9 Å².